The summed E-state index contributed by atoms with van der Waals surface area (Å²) in [4.78, 5) is 18.8. The van der Waals surface area contributed by atoms with Crippen LogP contribution >= 0.6 is 0 Å². The van der Waals surface area contributed by atoms with Gasteiger partial charge in [0.1, 0.15) is 5.82 Å². The second-order valence-corrected chi connectivity index (χ2v) is 7.84. The van der Waals surface area contributed by atoms with E-state index in [4.69, 9.17) is 15.0 Å². The highest BCUT2D eigenvalue weighted by Gasteiger charge is 2.51. The average molecular weight is 340 g/mol. The number of fused-ring (bicyclic) bond motifs is 1. The Morgan fingerprint density at radius 1 is 1.48 bits per heavy atom. The quantitative estimate of drug-likeness (QED) is 0.909. The van der Waals surface area contributed by atoms with E-state index in [0.717, 1.165) is 49.4 Å². The maximum absolute atomic E-state index is 11.7. The molecule has 1 amide bonds. The first-order chi connectivity index (χ1) is 12.0. The normalized spacial score (nSPS) is 28.4. The Kier molecular flexibility index (Phi) is 3.92. The fourth-order valence-electron chi connectivity index (χ4n) is 3.86. The van der Waals surface area contributed by atoms with Crippen LogP contribution in [0.4, 0.5) is 5.82 Å². The van der Waals surface area contributed by atoms with Crippen LogP contribution in [0.1, 0.15) is 47.8 Å². The number of aryl methyl sites for hydroxylation is 1. The number of hydrogen-bond donors (Lipinski definition) is 1. The van der Waals surface area contributed by atoms with Gasteiger partial charge in [0.05, 0.1) is 42.5 Å². The van der Waals surface area contributed by atoms with E-state index in [1.54, 1.807) is 0 Å². The summed E-state index contributed by atoms with van der Waals surface area (Å²) in [5.41, 5.74) is 2.69. The van der Waals surface area contributed by atoms with Crippen LogP contribution in [0.25, 0.3) is 0 Å². The van der Waals surface area contributed by atoms with Crippen LogP contribution in [0.2, 0.25) is 0 Å². The third-order valence-electron chi connectivity index (χ3n) is 5.82. The van der Waals surface area contributed by atoms with Crippen molar-refractivity contribution < 1.29 is 9.53 Å². The SMILES string of the molecule is Cc1cc2c(nc1N1CCC(OCC3(C)C[C@@H]3C#N)CC1)CNC2=O. The number of rotatable bonds is 4. The zero-order valence-electron chi connectivity index (χ0n) is 14.8. The number of pyridine rings is 1. The number of carbonyl (C=O) groups is 1. The predicted octanol–water partition coefficient (Wildman–Crippen LogP) is 2.17. The molecule has 1 unspecified atom stereocenters. The minimum atomic E-state index is -0.0199. The van der Waals surface area contributed by atoms with Crippen molar-refractivity contribution in [3.8, 4) is 6.07 Å². The van der Waals surface area contributed by atoms with Gasteiger partial charge in [0.15, 0.2) is 0 Å². The van der Waals surface area contributed by atoms with Crippen molar-refractivity contribution in [3.63, 3.8) is 0 Å². The molecule has 0 spiro atoms. The van der Waals surface area contributed by atoms with E-state index < -0.39 is 0 Å². The van der Waals surface area contributed by atoms with Gasteiger partial charge >= 0.3 is 0 Å². The molecule has 1 saturated carbocycles. The Balaban J connectivity index is 1.35. The van der Waals surface area contributed by atoms with Crippen molar-refractivity contribution in [1.29, 1.82) is 5.26 Å². The summed E-state index contributed by atoms with van der Waals surface area (Å²) in [5, 5.41) is 11.8. The van der Waals surface area contributed by atoms with Crippen LogP contribution in [0.15, 0.2) is 6.07 Å². The molecule has 2 atom stereocenters. The molecular weight excluding hydrogens is 316 g/mol. The summed E-state index contributed by atoms with van der Waals surface area (Å²) in [5.74, 6) is 1.14. The van der Waals surface area contributed by atoms with Crippen molar-refractivity contribution >= 4 is 11.7 Å². The van der Waals surface area contributed by atoms with Crippen LogP contribution in [0.3, 0.4) is 0 Å². The minimum absolute atomic E-state index is 0.0199. The van der Waals surface area contributed by atoms with E-state index in [2.05, 4.69) is 23.2 Å². The van der Waals surface area contributed by atoms with E-state index in [9.17, 15) is 4.79 Å². The smallest absolute Gasteiger partial charge is 0.253 e. The Morgan fingerprint density at radius 2 is 2.24 bits per heavy atom. The van der Waals surface area contributed by atoms with Crippen molar-refractivity contribution in [3.05, 3.63) is 22.9 Å². The van der Waals surface area contributed by atoms with Gasteiger partial charge in [0, 0.05) is 18.5 Å². The van der Waals surface area contributed by atoms with Gasteiger partial charge in [0.2, 0.25) is 0 Å². The topological polar surface area (TPSA) is 78.2 Å². The number of carbonyl (C=O) groups excluding carboxylic acids is 1. The summed E-state index contributed by atoms with van der Waals surface area (Å²) in [7, 11) is 0. The Labute approximate surface area is 148 Å². The number of anilines is 1. The lowest BCUT2D eigenvalue weighted by Crippen LogP contribution is -2.38. The second kappa shape index (κ2) is 5.99. The third kappa shape index (κ3) is 2.98. The molecule has 1 aliphatic carbocycles. The third-order valence-corrected chi connectivity index (χ3v) is 5.82. The molecule has 4 rings (SSSR count). The molecule has 1 saturated heterocycles. The molecule has 1 N–H and O–H groups in total. The van der Waals surface area contributed by atoms with E-state index in [1.807, 2.05) is 13.0 Å². The highest BCUT2D eigenvalue weighted by atomic mass is 16.5. The zero-order chi connectivity index (χ0) is 17.6. The lowest BCUT2D eigenvalue weighted by atomic mass is 10.0. The number of aromatic nitrogens is 1. The maximum Gasteiger partial charge on any atom is 0.253 e. The standard InChI is InChI=1S/C19H24N4O2/c1-12-7-15-16(10-21-18(15)24)22-17(12)23-5-3-14(4-6-23)25-11-19(2)8-13(19)9-20/h7,13-14H,3-6,8,10-11H2,1-2H3,(H,21,24)/t13-,19?/m1/s1. The molecule has 25 heavy (non-hydrogen) atoms. The first-order valence-electron chi connectivity index (χ1n) is 9.05. The first-order valence-corrected chi connectivity index (χ1v) is 9.05. The van der Waals surface area contributed by atoms with Crippen LogP contribution in [-0.2, 0) is 11.3 Å². The summed E-state index contributed by atoms with van der Waals surface area (Å²) in [6.45, 7) is 7.21. The van der Waals surface area contributed by atoms with Crippen LogP contribution in [0, 0.1) is 29.6 Å². The van der Waals surface area contributed by atoms with Gasteiger partial charge in [-0.2, -0.15) is 5.26 Å². The Bertz CT molecular complexity index is 749. The summed E-state index contributed by atoms with van der Waals surface area (Å²) in [6, 6.07) is 4.31. The number of nitrogens with zero attached hydrogens (tertiary/aromatic N) is 3. The first kappa shape index (κ1) is 16.3. The number of piperidine rings is 1. The van der Waals surface area contributed by atoms with Crippen molar-refractivity contribution in [2.75, 3.05) is 24.6 Å². The Hall–Kier alpha value is -2.13. The zero-order valence-corrected chi connectivity index (χ0v) is 14.8. The number of nitriles is 1. The van der Waals surface area contributed by atoms with Gasteiger partial charge in [-0.15, -0.1) is 0 Å². The highest BCUT2D eigenvalue weighted by Crippen LogP contribution is 2.52. The molecule has 0 bridgehead atoms. The lowest BCUT2D eigenvalue weighted by Gasteiger charge is -2.34. The maximum atomic E-state index is 11.7. The molecule has 3 heterocycles. The molecule has 0 radical (unpaired) electrons. The van der Waals surface area contributed by atoms with Gasteiger partial charge < -0.3 is 15.0 Å². The molecular formula is C19H24N4O2. The van der Waals surface area contributed by atoms with E-state index in [1.165, 1.54) is 0 Å². The van der Waals surface area contributed by atoms with Crippen LogP contribution in [0.5, 0.6) is 0 Å². The molecule has 132 valence electrons. The molecule has 6 heteroatoms. The minimum Gasteiger partial charge on any atom is -0.377 e. The van der Waals surface area contributed by atoms with Gasteiger partial charge in [-0.25, -0.2) is 4.98 Å². The van der Waals surface area contributed by atoms with E-state index >= 15 is 0 Å². The van der Waals surface area contributed by atoms with E-state index in [-0.39, 0.29) is 23.3 Å². The number of ether oxygens (including phenoxy) is 1. The summed E-state index contributed by atoms with van der Waals surface area (Å²) < 4.78 is 6.09. The largest absolute Gasteiger partial charge is 0.377 e. The van der Waals surface area contributed by atoms with Gasteiger partial charge in [-0.3, -0.25) is 4.79 Å². The Morgan fingerprint density at radius 3 is 2.92 bits per heavy atom. The van der Waals surface area contributed by atoms with Gasteiger partial charge in [-0.05, 0) is 37.8 Å². The molecule has 1 aromatic heterocycles. The fourth-order valence-corrected chi connectivity index (χ4v) is 3.86. The lowest BCUT2D eigenvalue weighted by molar-refractivity contribution is 0.0107. The molecule has 0 aromatic carbocycles. The number of amides is 1. The number of nitrogens with one attached hydrogen (secondary N) is 1. The monoisotopic (exact) mass is 340 g/mol. The van der Waals surface area contributed by atoms with Crippen molar-refractivity contribution in [1.82, 2.24) is 10.3 Å². The van der Waals surface area contributed by atoms with Gasteiger partial charge in [0.25, 0.3) is 5.91 Å². The van der Waals surface area contributed by atoms with Crippen LogP contribution in [-0.4, -0.2) is 36.7 Å². The summed E-state index contributed by atoms with van der Waals surface area (Å²) in [6.07, 6.45) is 3.18. The molecule has 1 aromatic rings. The van der Waals surface area contributed by atoms with E-state index in [0.29, 0.717) is 18.7 Å². The average Bonchev–Trinajstić information content (AvgIpc) is 3.16. The highest BCUT2D eigenvalue weighted by molar-refractivity contribution is 5.98. The second-order valence-electron chi connectivity index (χ2n) is 7.84. The summed E-state index contributed by atoms with van der Waals surface area (Å²) >= 11 is 0. The molecule has 3 aliphatic rings. The molecule has 6 nitrogen and oxygen atoms in total. The van der Waals surface area contributed by atoms with Crippen molar-refractivity contribution in [2.45, 2.75) is 45.8 Å². The predicted molar refractivity (Wildman–Crippen MR) is 93.2 cm³/mol. The van der Waals surface area contributed by atoms with Gasteiger partial charge in [-0.1, -0.05) is 6.92 Å². The fraction of sp³-hybridized carbons (Fsp3) is 0.632. The number of hydrogen-bond acceptors (Lipinski definition) is 5. The molecule has 2 aliphatic heterocycles. The van der Waals surface area contributed by atoms with Crippen molar-refractivity contribution in [2.24, 2.45) is 11.3 Å². The van der Waals surface area contributed by atoms with Crippen LogP contribution < -0.4 is 10.2 Å². The molecule has 2 fully saturated rings.